The summed E-state index contributed by atoms with van der Waals surface area (Å²) in [6, 6.07) is 11.9. The molecule has 0 amide bonds. The molecule has 1 heterocycles. The summed E-state index contributed by atoms with van der Waals surface area (Å²) >= 11 is 5.27. The molecule has 0 bridgehead atoms. The molecule has 0 fully saturated rings. The molecule has 2 rings (SSSR count). The third-order valence-corrected chi connectivity index (χ3v) is 3.15. The molecule has 0 spiro atoms. The van der Waals surface area contributed by atoms with Crippen LogP contribution in [0.2, 0.25) is 0 Å². The molecule has 0 aliphatic carbocycles. The van der Waals surface area contributed by atoms with E-state index in [0.717, 1.165) is 22.7 Å². The quantitative estimate of drug-likeness (QED) is 0.825. The van der Waals surface area contributed by atoms with Crippen molar-refractivity contribution < 1.29 is 4.74 Å². The molecule has 1 aromatic carbocycles. The topological polar surface area (TPSA) is 46.2 Å². The molecular formula is C17H21N3OS. The van der Waals surface area contributed by atoms with Crippen LogP contribution in [0.4, 0.5) is 5.82 Å². The Kier molecular flexibility index (Phi) is 5.72. The highest BCUT2D eigenvalue weighted by atomic mass is 32.1. The van der Waals surface area contributed by atoms with Crippen LogP contribution in [0.1, 0.15) is 25.0 Å². The van der Waals surface area contributed by atoms with Crippen LogP contribution in [0.25, 0.3) is 0 Å². The van der Waals surface area contributed by atoms with E-state index >= 15 is 0 Å². The number of nitrogens with one attached hydrogen (secondary N) is 2. The van der Waals surface area contributed by atoms with E-state index < -0.39 is 0 Å². The second kappa shape index (κ2) is 7.75. The number of hydrogen-bond acceptors (Lipinski definition) is 3. The maximum Gasteiger partial charge on any atom is 0.172 e. The second-order valence-corrected chi connectivity index (χ2v) is 5.74. The zero-order chi connectivity index (χ0) is 15.9. The number of ether oxygens (including phenoxy) is 1. The average molecular weight is 315 g/mol. The van der Waals surface area contributed by atoms with Gasteiger partial charge in [0.2, 0.25) is 0 Å². The predicted octanol–water partition coefficient (Wildman–Crippen LogP) is 3.66. The summed E-state index contributed by atoms with van der Waals surface area (Å²) in [6.07, 6.45) is 1.94. The number of rotatable bonds is 5. The van der Waals surface area contributed by atoms with E-state index in [1.165, 1.54) is 0 Å². The molecule has 22 heavy (non-hydrogen) atoms. The Bertz CT molecular complexity index is 626. The van der Waals surface area contributed by atoms with Gasteiger partial charge in [-0.1, -0.05) is 12.1 Å². The highest BCUT2D eigenvalue weighted by molar-refractivity contribution is 7.80. The summed E-state index contributed by atoms with van der Waals surface area (Å²) in [5, 5.41) is 6.80. The maximum absolute atomic E-state index is 5.62. The first-order chi connectivity index (χ1) is 10.5. The van der Waals surface area contributed by atoms with Gasteiger partial charge in [0.1, 0.15) is 11.6 Å². The molecule has 0 unspecified atom stereocenters. The van der Waals surface area contributed by atoms with Gasteiger partial charge in [0.15, 0.2) is 5.11 Å². The fourth-order valence-electron chi connectivity index (χ4n) is 1.91. The Balaban J connectivity index is 1.83. The van der Waals surface area contributed by atoms with Crippen LogP contribution in [0, 0.1) is 6.92 Å². The van der Waals surface area contributed by atoms with Gasteiger partial charge < -0.3 is 15.4 Å². The first-order valence-electron chi connectivity index (χ1n) is 7.26. The first-order valence-corrected chi connectivity index (χ1v) is 7.67. The van der Waals surface area contributed by atoms with Gasteiger partial charge in [0.25, 0.3) is 0 Å². The van der Waals surface area contributed by atoms with Crippen molar-refractivity contribution in [1.29, 1.82) is 0 Å². The lowest BCUT2D eigenvalue weighted by Gasteiger charge is -2.12. The van der Waals surface area contributed by atoms with Crippen LogP contribution in [-0.4, -0.2) is 16.2 Å². The number of anilines is 1. The molecule has 5 heteroatoms. The van der Waals surface area contributed by atoms with Crippen LogP contribution in [0.3, 0.4) is 0 Å². The molecule has 0 saturated heterocycles. The third-order valence-electron chi connectivity index (χ3n) is 2.91. The van der Waals surface area contributed by atoms with Crippen molar-refractivity contribution >= 4 is 23.1 Å². The minimum atomic E-state index is 0.183. The van der Waals surface area contributed by atoms with E-state index in [2.05, 4.69) is 15.6 Å². The SMILES string of the molecule is Cc1ccnc(NC(=S)NCc2ccc(OC(C)C)cc2)c1. The van der Waals surface area contributed by atoms with E-state index in [9.17, 15) is 0 Å². The van der Waals surface area contributed by atoms with Crippen molar-refractivity contribution in [3.05, 3.63) is 53.7 Å². The van der Waals surface area contributed by atoms with E-state index in [0.29, 0.717) is 11.7 Å². The number of thiocarbonyl (C=S) groups is 1. The van der Waals surface area contributed by atoms with Gasteiger partial charge in [-0.2, -0.15) is 0 Å². The Hall–Kier alpha value is -2.14. The fraction of sp³-hybridized carbons (Fsp3) is 0.294. The molecule has 2 N–H and O–H groups in total. The third kappa shape index (κ3) is 5.33. The van der Waals surface area contributed by atoms with Crippen molar-refractivity contribution in [2.24, 2.45) is 0 Å². The Morgan fingerprint density at radius 3 is 2.59 bits per heavy atom. The highest BCUT2D eigenvalue weighted by Gasteiger charge is 2.01. The number of hydrogen-bond donors (Lipinski definition) is 2. The largest absolute Gasteiger partial charge is 0.491 e. The summed E-state index contributed by atoms with van der Waals surface area (Å²) in [7, 11) is 0. The normalized spacial score (nSPS) is 10.4. The predicted molar refractivity (Wildman–Crippen MR) is 94.2 cm³/mol. The van der Waals surface area contributed by atoms with E-state index in [-0.39, 0.29) is 6.10 Å². The van der Waals surface area contributed by atoms with Crippen LogP contribution in [0.5, 0.6) is 5.75 Å². The Morgan fingerprint density at radius 1 is 1.23 bits per heavy atom. The lowest BCUT2D eigenvalue weighted by atomic mass is 10.2. The summed E-state index contributed by atoms with van der Waals surface area (Å²) in [5.74, 6) is 1.63. The van der Waals surface area contributed by atoms with Crippen LogP contribution < -0.4 is 15.4 Å². The van der Waals surface area contributed by atoms with Gasteiger partial charge in [-0.05, 0) is 68.4 Å². The van der Waals surface area contributed by atoms with Crippen LogP contribution in [0.15, 0.2) is 42.6 Å². The van der Waals surface area contributed by atoms with Crippen molar-refractivity contribution in [3.8, 4) is 5.75 Å². The molecule has 0 atom stereocenters. The van der Waals surface area contributed by atoms with Gasteiger partial charge in [-0.3, -0.25) is 0 Å². The molecule has 2 aromatic rings. The van der Waals surface area contributed by atoms with E-state index in [1.54, 1.807) is 6.20 Å². The fourth-order valence-corrected chi connectivity index (χ4v) is 2.08. The summed E-state index contributed by atoms with van der Waals surface area (Å²) in [4.78, 5) is 4.22. The number of benzene rings is 1. The molecule has 0 radical (unpaired) electrons. The van der Waals surface area contributed by atoms with Gasteiger partial charge in [0, 0.05) is 12.7 Å². The Morgan fingerprint density at radius 2 is 1.95 bits per heavy atom. The van der Waals surface area contributed by atoms with Crippen molar-refractivity contribution in [3.63, 3.8) is 0 Å². The van der Waals surface area contributed by atoms with Crippen molar-refractivity contribution in [2.75, 3.05) is 5.32 Å². The number of aromatic nitrogens is 1. The smallest absolute Gasteiger partial charge is 0.172 e. The van der Waals surface area contributed by atoms with Crippen LogP contribution in [-0.2, 0) is 6.54 Å². The highest BCUT2D eigenvalue weighted by Crippen LogP contribution is 2.13. The zero-order valence-electron chi connectivity index (χ0n) is 13.1. The van der Waals surface area contributed by atoms with Crippen LogP contribution >= 0.6 is 12.2 Å². The number of aryl methyl sites for hydroxylation is 1. The molecule has 0 aliphatic heterocycles. The molecule has 116 valence electrons. The van der Waals surface area contributed by atoms with Gasteiger partial charge in [-0.25, -0.2) is 4.98 Å². The minimum Gasteiger partial charge on any atom is -0.491 e. The van der Waals surface area contributed by atoms with Gasteiger partial charge in [0.05, 0.1) is 6.10 Å². The standard InChI is InChI=1S/C17H21N3OS/c1-12(2)21-15-6-4-14(5-7-15)11-19-17(22)20-16-10-13(3)8-9-18-16/h4-10,12H,11H2,1-3H3,(H2,18,19,20,22). The second-order valence-electron chi connectivity index (χ2n) is 5.34. The lowest BCUT2D eigenvalue weighted by Crippen LogP contribution is -2.28. The van der Waals surface area contributed by atoms with Crippen molar-refractivity contribution in [2.45, 2.75) is 33.4 Å². The lowest BCUT2D eigenvalue weighted by molar-refractivity contribution is 0.242. The summed E-state index contributed by atoms with van der Waals surface area (Å²) < 4.78 is 5.62. The average Bonchev–Trinajstić information content (AvgIpc) is 2.46. The maximum atomic E-state index is 5.62. The molecule has 1 aromatic heterocycles. The molecule has 0 saturated carbocycles. The Labute approximate surface area is 136 Å². The number of pyridine rings is 1. The molecular weight excluding hydrogens is 294 g/mol. The van der Waals surface area contributed by atoms with E-state index in [4.69, 9.17) is 17.0 Å². The van der Waals surface area contributed by atoms with Gasteiger partial charge in [-0.15, -0.1) is 0 Å². The van der Waals surface area contributed by atoms with Gasteiger partial charge >= 0.3 is 0 Å². The molecule has 0 aliphatic rings. The monoisotopic (exact) mass is 315 g/mol. The first kappa shape index (κ1) is 16.2. The number of nitrogens with zero attached hydrogens (tertiary/aromatic N) is 1. The summed E-state index contributed by atoms with van der Waals surface area (Å²) in [5.41, 5.74) is 2.28. The molecule has 4 nitrogen and oxygen atoms in total. The van der Waals surface area contributed by atoms with E-state index in [1.807, 2.05) is 57.2 Å². The minimum absolute atomic E-state index is 0.183. The zero-order valence-corrected chi connectivity index (χ0v) is 13.9. The van der Waals surface area contributed by atoms with Crippen molar-refractivity contribution in [1.82, 2.24) is 10.3 Å². The summed E-state index contributed by atoms with van der Waals surface area (Å²) in [6.45, 7) is 6.70.